The predicted octanol–water partition coefficient (Wildman–Crippen LogP) is 4.51. The highest BCUT2D eigenvalue weighted by Crippen LogP contribution is 2.28. The second kappa shape index (κ2) is 10.3. The Kier molecular flexibility index (Phi) is 6.96. The number of methoxy groups -OCH3 is 1. The van der Waals surface area contributed by atoms with Crippen LogP contribution in [-0.2, 0) is 9.53 Å². The van der Waals surface area contributed by atoms with E-state index in [1.807, 2.05) is 62.4 Å². The van der Waals surface area contributed by atoms with Crippen LogP contribution in [0, 0.1) is 0 Å². The van der Waals surface area contributed by atoms with E-state index in [4.69, 9.17) is 9.47 Å². The van der Waals surface area contributed by atoms with Crippen molar-refractivity contribution in [3.63, 3.8) is 0 Å². The molecule has 0 aliphatic carbocycles. The van der Waals surface area contributed by atoms with Gasteiger partial charge in [-0.2, -0.15) is 10.2 Å². The lowest BCUT2D eigenvalue weighted by Gasteiger charge is -2.15. The molecule has 0 spiro atoms. The van der Waals surface area contributed by atoms with Crippen LogP contribution in [0.5, 0.6) is 5.75 Å². The third-order valence-corrected chi connectivity index (χ3v) is 5.36. The zero-order valence-corrected chi connectivity index (χ0v) is 20.0. The van der Waals surface area contributed by atoms with Gasteiger partial charge in [-0.05, 0) is 45.0 Å². The lowest BCUT2D eigenvalue weighted by Crippen LogP contribution is -2.31. The molecule has 0 radical (unpaired) electrons. The van der Waals surface area contributed by atoms with Gasteiger partial charge in [0.1, 0.15) is 22.8 Å². The number of anilines is 1. The number of para-hydroxylation sites is 1. The van der Waals surface area contributed by atoms with Crippen molar-refractivity contribution in [1.82, 2.24) is 19.6 Å². The second-order valence-electron chi connectivity index (χ2n) is 8.20. The summed E-state index contributed by atoms with van der Waals surface area (Å²) >= 11 is 0. The van der Waals surface area contributed by atoms with E-state index in [2.05, 4.69) is 15.5 Å². The zero-order chi connectivity index (χ0) is 24.9. The van der Waals surface area contributed by atoms with Gasteiger partial charge in [0.05, 0.1) is 19.0 Å². The van der Waals surface area contributed by atoms with Crippen molar-refractivity contribution >= 4 is 17.7 Å². The molecule has 180 valence electrons. The Balaban J connectivity index is 1.61. The van der Waals surface area contributed by atoms with Gasteiger partial charge in [0.25, 0.3) is 5.91 Å². The largest absolute Gasteiger partial charge is 0.497 e. The molecule has 0 saturated heterocycles. The van der Waals surface area contributed by atoms with Gasteiger partial charge in [-0.15, -0.1) is 0 Å². The lowest BCUT2D eigenvalue weighted by atomic mass is 10.1. The highest BCUT2D eigenvalue weighted by Gasteiger charge is 2.25. The first-order chi connectivity index (χ1) is 16.9. The minimum atomic E-state index is -1.05. The van der Waals surface area contributed by atoms with Crippen molar-refractivity contribution in [2.24, 2.45) is 0 Å². The molecule has 9 heteroatoms. The Hall–Kier alpha value is -4.40. The van der Waals surface area contributed by atoms with E-state index in [9.17, 15) is 9.59 Å². The summed E-state index contributed by atoms with van der Waals surface area (Å²) in [5.41, 5.74) is 2.12. The van der Waals surface area contributed by atoms with E-state index in [0.717, 1.165) is 5.69 Å². The van der Waals surface area contributed by atoms with Crippen LogP contribution < -0.4 is 10.1 Å². The highest BCUT2D eigenvalue weighted by molar-refractivity contribution is 5.99. The van der Waals surface area contributed by atoms with Crippen molar-refractivity contribution in [1.29, 1.82) is 0 Å². The predicted molar refractivity (Wildman–Crippen MR) is 132 cm³/mol. The molecule has 0 aliphatic rings. The monoisotopic (exact) mass is 473 g/mol. The fourth-order valence-electron chi connectivity index (χ4n) is 3.55. The van der Waals surface area contributed by atoms with Crippen molar-refractivity contribution in [3.05, 3.63) is 78.6 Å². The summed E-state index contributed by atoms with van der Waals surface area (Å²) in [6.07, 6.45) is 2.16. The molecule has 2 aromatic carbocycles. The molecule has 1 N–H and O–H groups in total. The molecule has 4 rings (SSSR count). The Morgan fingerprint density at radius 1 is 1.00 bits per heavy atom. The quantitative estimate of drug-likeness (QED) is 0.378. The first kappa shape index (κ1) is 23.7. The van der Waals surface area contributed by atoms with Crippen molar-refractivity contribution in [2.75, 3.05) is 12.4 Å². The van der Waals surface area contributed by atoms with Crippen LogP contribution in [0.15, 0.2) is 73.1 Å². The third-order valence-electron chi connectivity index (χ3n) is 5.36. The molecule has 9 nitrogen and oxygen atoms in total. The number of carbonyl (C=O) groups is 2. The van der Waals surface area contributed by atoms with Crippen molar-refractivity contribution < 1.29 is 19.1 Å². The summed E-state index contributed by atoms with van der Waals surface area (Å²) in [7, 11) is 1.57. The Bertz CT molecular complexity index is 1330. The molecule has 2 aromatic heterocycles. The van der Waals surface area contributed by atoms with Crippen LogP contribution in [0.4, 0.5) is 5.82 Å². The minimum Gasteiger partial charge on any atom is -0.497 e. The van der Waals surface area contributed by atoms with Gasteiger partial charge in [-0.3, -0.25) is 4.79 Å². The Morgan fingerprint density at radius 3 is 2.49 bits per heavy atom. The van der Waals surface area contributed by atoms with E-state index in [0.29, 0.717) is 22.8 Å². The number of nitrogens with one attached hydrogen (secondary N) is 1. The van der Waals surface area contributed by atoms with Crippen LogP contribution in [0.25, 0.3) is 16.9 Å². The fourth-order valence-corrected chi connectivity index (χ4v) is 3.55. The maximum absolute atomic E-state index is 13.2. The highest BCUT2D eigenvalue weighted by atomic mass is 16.5. The van der Waals surface area contributed by atoms with Gasteiger partial charge >= 0.3 is 5.97 Å². The summed E-state index contributed by atoms with van der Waals surface area (Å²) in [5.74, 6) is 0.0385. The molecule has 1 atom stereocenters. The summed E-state index contributed by atoms with van der Waals surface area (Å²) in [6, 6.07) is 18.4. The first-order valence-electron chi connectivity index (χ1n) is 11.2. The van der Waals surface area contributed by atoms with Crippen LogP contribution >= 0.6 is 0 Å². The van der Waals surface area contributed by atoms with Gasteiger partial charge in [0.15, 0.2) is 6.10 Å². The summed E-state index contributed by atoms with van der Waals surface area (Å²) in [4.78, 5) is 26.0. The number of aromatic nitrogens is 4. The third kappa shape index (κ3) is 5.24. The number of benzene rings is 2. The summed E-state index contributed by atoms with van der Waals surface area (Å²) < 4.78 is 14.2. The molecule has 1 unspecified atom stereocenters. The van der Waals surface area contributed by atoms with Gasteiger partial charge < -0.3 is 14.8 Å². The standard InChI is InChI=1S/C26H27N5O4/c1-17(2)31-23(13-14-27-31)28-25(32)18(3)35-26(33)22-16-30(20-10-6-5-7-11-20)29-24(22)19-9-8-12-21(15-19)34-4/h5-18H,1-4H3,(H,28,32). The van der Waals surface area contributed by atoms with Gasteiger partial charge in [-0.1, -0.05) is 30.3 Å². The van der Waals surface area contributed by atoms with E-state index in [-0.39, 0.29) is 11.6 Å². The molecule has 0 saturated carbocycles. The van der Waals surface area contributed by atoms with E-state index < -0.39 is 18.0 Å². The Labute approximate surface area is 203 Å². The maximum atomic E-state index is 13.2. The minimum absolute atomic E-state index is 0.0624. The van der Waals surface area contributed by atoms with Gasteiger partial charge in [-0.25, -0.2) is 14.2 Å². The number of amides is 1. The Morgan fingerprint density at radius 2 is 1.77 bits per heavy atom. The molecule has 4 aromatic rings. The van der Waals surface area contributed by atoms with Crippen LogP contribution in [0.1, 0.15) is 37.2 Å². The molecular weight excluding hydrogens is 446 g/mol. The molecular formula is C26H27N5O4. The van der Waals surface area contributed by atoms with Crippen molar-refractivity contribution in [3.8, 4) is 22.7 Å². The fraction of sp³-hybridized carbons (Fsp3) is 0.231. The zero-order valence-electron chi connectivity index (χ0n) is 20.0. The molecule has 35 heavy (non-hydrogen) atoms. The molecule has 2 heterocycles. The first-order valence-corrected chi connectivity index (χ1v) is 11.2. The number of esters is 1. The normalized spacial score (nSPS) is 11.8. The van der Waals surface area contributed by atoms with Crippen LogP contribution in [0.3, 0.4) is 0 Å². The summed E-state index contributed by atoms with van der Waals surface area (Å²) in [5, 5.41) is 11.6. The number of ether oxygens (including phenoxy) is 2. The van der Waals surface area contributed by atoms with Gasteiger partial charge in [0.2, 0.25) is 0 Å². The summed E-state index contributed by atoms with van der Waals surface area (Å²) in [6.45, 7) is 5.43. The molecule has 0 fully saturated rings. The second-order valence-corrected chi connectivity index (χ2v) is 8.20. The maximum Gasteiger partial charge on any atom is 0.342 e. The number of nitrogens with zero attached hydrogens (tertiary/aromatic N) is 4. The number of rotatable bonds is 8. The van der Waals surface area contributed by atoms with E-state index >= 15 is 0 Å². The van der Waals surface area contributed by atoms with Gasteiger partial charge in [0, 0.05) is 23.9 Å². The lowest BCUT2D eigenvalue weighted by molar-refractivity contribution is -0.123. The molecule has 0 bridgehead atoms. The number of carbonyl (C=O) groups excluding carboxylic acids is 2. The van der Waals surface area contributed by atoms with Crippen molar-refractivity contribution in [2.45, 2.75) is 32.9 Å². The number of hydrogen-bond donors (Lipinski definition) is 1. The number of hydrogen-bond acceptors (Lipinski definition) is 6. The topological polar surface area (TPSA) is 100 Å². The SMILES string of the molecule is COc1cccc(-c2nn(-c3ccccc3)cc2C(=O)OC(C)C(=O)Nc2ccnn2C(C)C)c1. The van der Waals surface area contributed by atoms with E-state index in [1.54, 1.807) is 41.0 Å². The molecule has 1 amide bonds. The van der Waals surface area contributed by atoms with Crippen LogP contribution in [0.2, 0.25) is 0 Å². The average Bonchev–Trinajstić information content (AvgIpc) is 3.52. The smallest absolute Gasteiger partial charge is 0.342 e. The average molecular weight is 474 g/mol. The molecule has 0 aliphatic heterocycles. The van der Waals surface area contributed by atoms with E-state index in [1.165, 1.54) is 6.92 Å². The van der Waals surface area contributed by atoms with Crippen LogP contribution in [-0.4, -0.2) is 44.7 Å².